The number of piperidine rings is 1. The van der Waals surface area contributed by atoms with E-state index in [0.29, 0.717) is 32.0 Å². The molecule has 0 aliphatic carbocycles. The van der Waals surface area contributed by atoms with Crippen molar-refractivity contribution in [1.29, 1.82) is 0 Å². The van der Waals surface area contributed by atoms with E-state index >= 15 is 0 Å². The molecule has 2 heterocycles. The number of Topliss-reactive ketones (excluding diaryl/α,β-unsaturated/α-hetero) is 1. The van der Waals surface area contributed by atoms with Crippen LogP contribution in [0.4, 0.5) is 0 Å². The first-order chi connectivity index (χ1) is 13.7. The Morgan fingerprint density at radius 3 is 2.62 bits per heavy atom. The number of carbonyl (C=O) groups excluding carboxylic acids is 1. The number of aromatic nitrogens is 2. The van der Waals surface area contributed by atoms with Crippen LogP contribution in [0.3, 0.4) is 0 Å². The number of hydrogen-bond donors (Lipinski definition) is 0. The lowest BCUT2D eigenvalue weighted by Crippen LogP contribution is -2.39. The van der Waals surface area contributed by atoms with Gasteiger partial charge in [-0.25, -0.2) is 13.4 Å². The lowest BCUT2D eigenvalue weighted by molar-refractivity contribution is -0.124. The largest absolute Gasteiger partial charge is 0.317 e. The Labute approximate surface area is 173 Å². The lowest BCUT2D eigenvalue weighted by Gasteiger charge is -2.32. The van der Waals surface area contributed by atoms with Gasteiger partial charge in [-0.15, -0.1) is 0 Å². The number of carbonyl (C=O) groups is 1. The molecule has 1 aromatic heterocycles. The summed E-state index contributed by atoms with van der Waals surface area (Å²) in [5.41, 5.74) is 1.96. The van der Waals surface area contributed by atoms with Gasteiger partial charge in [0.1, 0.15) is 5.78 Å². The number of likely N-dealkylation sites (tertiary alicyclic amines) is 1. The van der Waals surface area contributed by atoms with E-state index in [-0.39, 0.29) is 16.9 Å². The number of benzene rings is 1. The third kappa shape index (κ3) is 5.76. The zero-order chi connectivity index (χ0) is 21.0. The van der Waals surface area contributed by atoms with Crippen molar-refractivity contribution in [3.63, 3.8) is 0 Å². The number of ketones is 1. The van der Waals surface area contributed by atoms with Crippen LogP contribution >= 0.6 is 0 Å². The molecule has 1 aromatic carbocycles. The SMILES string of the molecule is CC(C)Cn1c(CN2CCCC(C(=O)Cc3ccccc3)C2)cnc1S(C)(=O)=O. The van der Waals surface area contributed by atoms with Crippen LogP contribution in [0.1, 0.15) is 37.9 Å². The Balaban J connectivity index is 1.70. The second-order valence-electron chi connectivity index (χ2n) is 8.51. The average molecular weight is 418 g/mol. The quantitative estimate of drug-likeness (QED) is 0.660. The fraction of sp³-hybridized carbons (Fsp3) is 0.545. The Bertz CT molecular complexity index is 935. The van der Waals surface area contributed by atoms with Gasteiger partial charge in [0.25, 0.3) is 0 Å². The van der Waals surface area contributed by atoms with Crippen molar-refractivity contribution in [2.75, 3.05) is 19.3 Å². The molecule has 1 aliphatic heterocycles. The fourth-order valence-electron chi connectivity index (χ4n) is 4.01. The van der Waals surface area contributed by atoms with Gasteiger partial charge < -0.3 is 4.57 Å². The maximum Gasteiger partial charge on any atom is 0.227 e. The van der Waals surface area contributed by atoms with Crippen LogP contribution in [0.5, 0.6) is 0 Å². The van der Waals surface area contributed by atoms with Crippen LogP contribution in [0.15, 0.2) is 41.7 Å². The summed E-state index contributed by atoms with van der Waals surface area (Å²) in [6, 6.07) is 9.88. The van der Waals surface area contributed by atoms with Crippen molar-refractivity contribution in [2.24, 2.45) is 11.8 Å². The molecule has 2 aromatic rings. The molecule has 6 nitrogen and oxygen atoms in total. The summed E-state index contributed by atoms with van der Waals surface area (Å²) in [4.78, 5) is 19.2. The Morgan fingerprint density at radius 1 is 1.24 bits per heavy atom. The molecule has 0 N–H and O–H groups in total. The third-order valence-corrected chi connectivity index (χ3v) is 6.34. The van der Waals surface area contributed by atoms with Gasteiger partial charge in [0.05, 0.1) is 11.9 Å². The molecule has 0 amide bonds. The molecular formula is C22H31N3O3S. The predicted octanol–water partition coefficient (Wildman–Crippen LogP) is 2.97. The molecule has 0 spiro atoms. The first-order valence-corrected chi connectivity index (χ1v) is 12.2. The summed E-state index contributed by atoms with van der Waals surface area (Å²) in [5.74, 6) is 0.623. The van der Waals surface area contributed by atoms with Crippen LogP contribution in [-0.4, -0.2) is 48.0 Å². The van der Waals surface area contributed by atoms with E-state index in [9.17, 15) is 13.2 Å². The smallest absolute Gasteiger partial charge is 0.227 e. The van der Waals surface area contributed by atoms with Gasteiger partial charge in [0, 0.05) is 38.2 Å². The molecule has 1 unspecified atom stereocenters. The van der Waals surface area contributed by atoms with E-state index in [1.165, 1.54) is 6.26 Å². The van der Waals surface area contributed by atoms with Crippen molar-refractivity contribution in [2.45, 2.75) is 51.4 Å². The highest BCUT2D eigenvalue weighted by atomic mass is 32.2. The van der Waals surface area contributed by atoms with Gasteiger partial charge in [-0.3, -0.25) is 9.69 Å². The Morgan fingerprint density at radius 2 is 1.97 bits per heavy atom. The predicted molar refractivity (Wildman–Crippen MR) is 113 cm³/mol. The summed E-state index contributed by atoms with van der Waals surface area (Å²) < 4.78 is 26.1. The van der Waals surface area contributed by atoms with Gasteiger partial charge in [0.2, 0.25) is 15.0 Å². The number of rotatable bonds is 8. The Kier molecular flexibility index (Phi) is 6.90. The summed E-state index contributed by atoms with van der Waals surface area (Å²) in [6.07, 6.45) is 5.25. The summed E-state index contributed by atoms with van der Waals surface area (Å²) in [6.45, 7) is 6.99. The van der Waals surface area contributed by atoms with Crippen LogP contribution in [-0.2, 0) is 34.1 Å². The minimum Gasteiger partial charge on any atom is -0.317 e. The summed E-state index contributed by atoms with van der Waals surface area (Å²) in [5, 5.41) is 0.134. The second-order valence-corrected chi connectivity index (χ2v) is 10.4. The lowest BCUT2D eigenvalue weighted by atomic mass is 9.90. The minimum absolute atomic E-state index is 0.0276. The number of nitrogens with zero attached hydrogens (tertiary/aromatic N) is 3. The van der Waals surface area contributed by atoms with Gasteiger partial charge in [-0.2, -0.15) is 0 Å². The monoisotopic (exact) mass is 417 g/mol. The molecule has 7 heteroatoms. The van der Waals surface area contributed by atoms with Crippen molar-refractivity contribution in [1.82, 2.24) is 14.5 Å². The van der Waals surface area contributed by atoms with Crippen LogP contribution in [0.25, 0.3) is 0 Å². The van der Waals surface area contributed by atoms with Gasteiger partial charge >= 0.3 is 0 Å². The van der Waals surface area contributed by atoms with E-state index in [1.807, 2.05) is 34.9 Å². The molecule has 29 heavy (non-hydrogen) atoms. The van der Waals surface area contributed by atoms with Gasteiger partial charge in [-0.05, 0) is 30.9 Å². The first kappa shape index (κ1) is 21.7. The van der Waals surface area contributed by atoms with Crippen molar-refractivity contribution in [3.05, 3.63) is 47.8 Å². The molecule has 0 saturated carbocycles. The van der Waals surface area contributed by atoms with Crippen molar-refractivity contribution >= 4 is 15.6 Å². The zero-order valence-electron chi connectivity index (χ0n) is 17.5. The van der Waals surface area contributed by atoms with E-state index < -0.39 is 9.84 Å². The molecule has 0 radical (unpaired) electrons. The number of sulfone groups is 1. The molecule has 1 atom stereocenters. The maximum absolute atomic E-state index is 12.8. The molecule has 1 fully saturated rings. The molecular weight excluding hydrogens is 386 g/mol. The molecule has 1 aliphatic rings. The normalized spacial score (nSPS) is 18.3. The standard InChI is InChI=1S/C22H31N3O3S/c1-17(2)14-25-20(13-23-22(25)29(3,27)28)16-24-11-7-10-19(15-24)21(26)12-18-8-5-4-6-9-18/h4-6,8-9,13,17,19H,7,10-12,14-16H2,1-3H3. The molecule has 1 saturated heterocycles. The van der Waals surface area contributed by atoms with Crippen molar-refractivity contribution < 1.29 is 13.2 Å². The van der Waals surface area contributed by atoms with Crippen LogP contribution in [0.2, 0.25) is 0 Å². The number of imidazole rings is 1. The second kappa shape index (κ2) is 9.22. The topological polar surface area (TPSA) is 72.3 Å². The third-order valence-electron chi connectivity index (χ3n) is 5.35. The maximum atomic E-state index is 12.8. The molecule has 0 bridgehead atoms. The molecule has 3 rings (SSSR count). The summed E-state index contributed by atoms with van der Waals surface area (Å²) in [7, 11) is -3.38. The van der Waals surface area contributed by atoms with Crippen LogP contribution < -0.4 is 0 Å². The van der Waals surface area contributed by atoms with E-state index in [2.05, 4.69) is 23.7 Å². The van der Waals surface area contributed by atoms with Gasteiger partial charge in [0.15, 0.2) is 0 Å². The highest BCUT2D eigenvalue weighted by Crippen LogP contribution is 2.22. The highest BCUT2D eigenvalue weighted by Gasteiger charge is 2.27. The fourth-order valence-corrected chi connectivity index (χ4v) is 4.84. The van der Waals surface area contributed by atoms with Gasteiger partial charge in [-0.1, -0.05) is 44.2 Å². The zero-order valence-corrected chi connectivity index (χ0v) is 18.4. The van der Waals surface area contributed by atoms with Crippen molar-refractivity contribution in [3.8, 4) is 0 Å². The highest BCUT2D eigenvalue weighted by molar-refractivity contribution is 7.90. The minimum atomic E-state index is -3.38. The molecule has 158 valence electrons. The van der Waals surface area contributed by atoms with Crippen LogP contribution in [0, 0.1) is 11.8 Å². The van der Waals surface area contributed by atoms with E-state index in [4.69, 9.17) is 0 Å². The average Bonchev–Trinajstić information content (AvgIpc) is 3.05. The first-order valence-electron chi connectivity index (χ1n) is 10.3. The Hall–Kier alpha value is -1.99. The van der Waals surface area contributed by atoms with E-state index in [0.717, 1.165) is 30.6 Å². The summed E-state index contributed by atoms with van der Waals surface area (Å²) >= 11 is 0. The van der Waals surface area contributed by atoms with E-state index in [1.54, 1.807) is 6.20 Å². The number of hydrogen-bond acceptors (Lipinski definition) is 5.